The first-order chi connectivity index (χ1) is 9.74. The van der Waals surface area contributed by atoms with Crippen LogP contribution in [0.4, 0.5) is 0 Å². The summed E-state index contributed by atoms with van der Waals surface area (Å²) in [5.74, 6) is 0.671. The second kappa shape index (κ2) is 7.48. The highest BCUT2D eigenvalue weighted by molar-refractivity contribution is 5.80. The predicted molar refractivity (Wildman–Crippen MR) is 87.7 cm³/mol. The lowest BCUT2D eigenvalue weighted by atomic mass is 9.87. The van der Waals surface area contributed by atoms with E-state index in [0.717, 1.165) is 18.6 Å². The monoisotopic (exact) mass is 291 g/mol. The molecule has 118 valence electrons. The summed E-state index contributed by atoms with van der Waals surface area (Å²) < 4.78 is 5.71. The highest BCUT2D eigenvalue weighted by Gasteiger charge is 2.17. The van der Waals surface area contributed by atoms with E-state index in [4.69, 9.17) is 4.74 Å². The van der Waals surface area contributed by atoms with Crippen LogP contribution in [0.3, 0.4) is 0 Å². The minimum Gasteiger partial charge on any atom is -0.481 e. The molecule has 1 rings (SSSR count). The van der Waals surface area contributed by atoms with Crippen molar-refractivity contribution >= 4 is 5.91 Å². The number of carbonyl (C=O) groups is 1. The molecule has 0 saturated carbocycles. The zero-order valence-electron chi connectivity index (χ0n) is 14.2. The van der Waals surface area contributed by atoms with E-state index in [1.165, 1.54) is 5.56 Å². The third-order valence-corrected chi connectivity index (χ3v) is 3.51. The van der Waals surface area contributed by atoms with E-state index in [1.54, 1.807) is 6.92 Å². The standard InChI is InChI=1S/C18H29NO2/c1-7-8-13(2)19-17(20)14(3)21-16-11-9-15(10-12-16)18(4,5)6/h9-14H,7-8H2,1-6H3,(H,19,20)/t13-,14-/m0/s1. The second-order valence-corrected chi connectivity index (χ2v) is 6.73. The smallest absolute Gasteiger partial charge is 0.260 e. The van der Waals surface area contributed by atoms with Crippen molar-refractivity contribution in [3.63, 3.8) is 0 Å². The van der Waals surface area contributed by atoms with Crippen LogP contribution in [0.2, 0.25) is 0 Å². The lowest BCUT2D eigenvalue weighted by molar-refractivity contribution is -0.127. The molecule has 0 fully saturated rings. The SMILES string of the molecule is CCC[C@H](C)NC(=O)[C@H](C)Oc1ccc(C(C)(C)C)cc1. The Morgan fingerprint density at radius 2 is 1.76 bits per heavy atom. The van der Waals surface area contributed by atoms with Gasteiger partial charge in [0.25, 0.3) is 5.91 Å². The third kappa shape index (κ3) is 5.78. The fraction of sp³-hybridized carbons (Fsp3) is 0.611. The first-order valence-electron chi connectivity index (χ1n) is 7.81. The number of amides is 1. The quantitative estimate of drug-likeness (QED) is 0.858. The van der Waals surface area contributed by atoms with Gasteiger partial charge in [-0.3, -0.25) is 4.79 Å². The van der Waals surface area contributed by atoms with Crippen molar-refractivity contribution in [3.05, 3.63) is 29.8 Å². The maximum Gasteiger partial charge on any atom is 0.260 e. The molecule has 0 aliphatic heterocycles. The van der Waals surface area contributed by atoms with E-state index < -0.39 is 6.10 Å². The van der Waals surface area contributed by atoms with E-state index in [2.05, 4.69) is 45.1 Å². The van der Waals surface area contributed by atoms with Gasteiger partial charge in [-0.05, 0) is 43.4 Å². The average molecular weight is 291 g/mol. The zero-order chi connectivity index (χ0) is 16.0. The van der Waals surface area contributed by atoms with Crippen molar-refractivity contribution in [1.29, 1.82) is 0 Å². The Bertz CT molecular complexity index is 445. The highest BCUT2D eigenvalue weighted by Crippen LogP contribution is 2.24. The molecule has 0 unspecified atom stereocenters. The highest BCUT2D eigenvalue weighted by atomic mass is 16.5. The van der Waals surface area contributed by atoms with Crippen LogP contribution in [0.5, 0.6) is 5.75 Å². The van der Waals surface area contributed by atoms with Crippen molar-refractivity contribution in [2.45, 2.75) is 71.9 Å². The molecule has 21 heavy (non-hydrogen) atoms. The van der Waals surface area contributed by atoms with Crippen LogP contribution < -0.4 is 10.1 Å². The summed E-state index contributed by atoms with van der Waals surface area (Å²) >= 11 is 0. The van der Waals surface area contributed by atoms with Gasteiger partial charge in [0, 0.05) is 6.04 Å². The van der Waals surface area contributed by atoms with Gasteiger partial charge in [-0.15, -0.1) is 0 Å². The van der Waals surface area contributed by atoms with Crippen LogP contribution in [-0.4, -0.2) is 18.1 Å². The van der Waals surface area contributed by atoms with Gasteiger partial charge in [0.1, 0.15) is 5.75 Å². The summed E-state index contributed by atoms with van der Waals surface area (Å²) in [6, 6.07) is 8.16. The molecular formula is C18H29NO2. The predicted octanol–water partition coefficient (Wildman–Crippen LogP) is 4.06. The number of benzene rings is 1. The molecule has 1 N–H and O–H groups in total. The fourth-order valence-electron chi connectivity index (χ4n) is 2.16. The van der Waals surface area contributed by atoms with Gasteiger partial charge < -0.3 is 10.1 Å². The normalized spacial score (nSPS) is 14.4. The Balaban J connectivity index is 2.58. The van der Waals surface area contributed by atoms with Gasteiger partial charge in [-0.1, -0.05) is 46.2 Å². The van der Waals surface area contributed by atoms with E-state index in [9.17, 15) is 4.79 Å². The summed E-state index contributed by atoms with van der Waals surface area (Å²) in [5.41, 5.74) is 1.38. The van der Waals surface area contributed by atoms with E-state index >= 15 is 0 Å². The molecule has 2 atom stereocenters. The Hall–Kier alpha value is -1.51. The van der Waals surface area contributed by atoms with Gasteiger partial charge >= 0.3 is 0 Å². The summed E-state index contributed by atoms with van der Waals surface area (Å²) in [5, 5.41) is 2.97. The number of ether oxygens (including phenoxy) is 1. The Kier molecular flexibility index (Phi) is 6.25. The number of hydrogen-bond acceptors (Lipinski definition) is 2. The molecular weight excluding hydrogens is 262 g/mol. The molecule has 3 heteroatoms. The van der Waals surface area contributed by atoms with Crippen molar-refractivity contribution in [2.75, 3.05) is 0 Å². The largest absolute Gasteiger partial charge is 0.481 e. The zero-order valence-corrected chi connectivity index (χ0v) is 14.2. The van der Waals surface area contributed by atoms with E-state index in [-0.39, 0.29) is 17.4 Å². The topological polar surface area (TPSA) is 38.3 Å². The molecule has 1 amide bonds. The van der Waals surface area contributed by atoms with Crippen LogP contribution in [0.15, 0.2) is 24.3 Å². The molecule has 1 aromatic rings. The fourth-order valence-corrected chi connectivity index (χ4v) is 2.16. The van der Waals surface area contributed by atoms with Crippen LogP contribution in [0.25, 0.3) is 0 Å². The van der Waals surface area contributed by atoms with E-state index in [0.29, 0.717) is 0 Å². The van der Waals surface area contributed by atoms with Gasteiger partial charge in [-0.2, -0.15) is 0 Å². The molecule has 0 saturated heterocycles. The average Bonchev–Trinajstić information content (AvgIpc) is 2.38. The number of rotatable bonds is 6. The maximum atomic E-state index is 12.0. The Morgan fingerprint density at radius 3 is 2.24 bits per heavy atom. The number of nitrogens with one attached hydrogen (secondary N) is 1. The van der Waals surface area contributed by atoms with Crippen LogP contribution >= 0.6 is 0 Å². The third-order valence-electron chi connectivity index (χ3n) is 3.51. The summed E-state index contributed by atoms with van der Waals surface area (Å²) in [7, 11) is 0. The maximum absolute atomic E-state index is 12.0. The van der Waals surface area contributed by atoms with Crippen molar-refractivity contribution < 1.29 is 9.53 Å². The molecule has 0 bridgehead atoms. The Labute approximate surface area is 129 Å². The van der Waals surface area contributed by atoms with Crippen LogP contribution in [0.1, 0.15) is 59.9 Å². The number of carbonyl (C=O) groups excluding carboxylic acids is 1. The minimum atomic E-state index is -0.482. The van der Waals surface area contributed by atoms with Gasteiger partial charge in [-0.25, -0.2) is 0 Å². The lowest BCUT2D eigenvalue weighted by Gasteiger charge is -2.21. The van der Waals surface area contributed by atoms with Crippen molar-refractivity contribution in [2.24, 2.45) is 0 Å². The van der Waals surface area contributed by atoms with E-state index in [1.807, 2.05) is 19.1 Å². The van der Waals surface area contributed by atoms with Crippen molar-refractivity contribution in [3.8, 4) is 5.75 Å². The van der Waals surface area contributed by atoms with Crippen LogP contribution in [0, 0.1) is 0 Å². The molecule has 0 spiro atoms. The molecule has 0 heterocycles. The molecule has 0 aliphatic carbocycles. The lowest BCUT2D eigenvalue weighted by Crippen LogP contribution is -2.41. The van der Waals surface area contributed by atoms with Crippen LogP contribution in [-0.2, 0) is 10.2 Å². The molecule has 1 aromatic carbocycles. The summed E-state index contributed by atoms with van der Waals surface area (Å²) in [6.07, 6.45) is 1.56. The molecule has 0 aliphatic rings. The number of hydrogen-bond donors (Lipinski definition) is 1. The summed E-state index contributed by atoms with van der Waals surface area (Å²) in [6.45, 7) is 12.4. The van der Waals surface area contributed by atoms with Crippen molar-refractivity contribution in [1.82, 2.24) is 5.32 Å². The van der Waals surface area contributed by atoms with Gasteiger partial charge in [0.15, 0.2) is 6.10 Å². The first-order valence-corrected chi connectivity index (χ1v) is 7.81. The molecule has 0 aromatic heterocycles. The van der Waals surface area contributed by atoms with Gasteiger partial charge in [0.05, 0.1) is 0 Å². The Morgan fingerprint density at radius 1 is 1.19 bits per heavy atom. The summed E-state index contributed by atoms with van der Waals surface area (Å²) in [4.78, 5) is 12.0. The molecule has 0 radical (unpaired) electrons. The molecule has 3 nitrogen and oxygen atoms in total. The minimum absolute atomic E-state index is 0.0594. The first kappa shape index (κ1) is 17.5. The second-order valence-electron chi connectivity index (χ2n) is 6.73. The van der Waals surface area contributed by atoms with Gasteiger partial charge in [0.2, 0.25) is 0 Å².